The van der Waals surface area contributed by atoms with Crippen LogP contribution in [0, 0.1) is 5.82 Å². The average Bonchev–Trinajstić information content (AvgIpc) is 2.56. The number of aromatic nitrogens is 2. The van der Waals surface area contributed by atoms with Crippen molar-refractivity contribution >= 4 is 0 Å². The van der Waals surface area contributed by atoms with Crippen LogP contribution in [0.4, 0.5) is 4.39 Å². The van der Waals surface area contributed by atoms with Crippen molar-refractivity contribution in [2.24, 2.45) is 0 Å². The zero-order valence-electron chi connectivity index (χ0n) is 13.1. The van der Waals surface area contributed by atoms with E-state index >= 15 is 0 Å². The van der Waals surface area contributed by atoms with Crippen LogP contribution in [0.25, 0.3) is 0 Å². The molecular formula is C17H20FN3O2. The van der Waals surface area contributed by atoms with Crippen molar-refractivity contribution < 1.29 is 14.2 Å². The minimum atomic E-state index is -0.863. The Bertz CT molecular complexity index is 681. The molecule has 122 valence electrons. The maximum Gasteiger partial charge on any atom is 0.221 e. The number of β-amino-alcohol motifs (C(OH)–C–C–N with tert-alkyl or cyclic N) is 1. The number of ether oxygens (including phenoxy) is 1. The summed E-state index contributed by atoms with van der Waals surface area (Å²) in [5, 5.41) is 10.3. The van der Waals surface area contributed by atoms with Gasteiger partial charge in [0.1, 0.15) is 12.1 Å². The van der Waals surface area contributed by atoms with Gasteiger partial charge in [-0.2, -0.15) is 0 Å². The molecule has 1 N–H and O–H groups in total. The molecule has 3 rings (SSSR count). The quantitative estimate of drug-likeness (QED) is 0.915. The van der Waals surface area contributed by atoms with Crippen molar-refractivity contribution in [1.29, 1.82) is 0 Å². The van der Waals surface area contributed by atoms with Gasteiger partial charge in [0.15, 0.2) is 0 Å². The van der Waals surface area contributed by atoms with Gasteiger partial charge in [0.25, 0.3) is 0 Å². The summed E-state index contributed by atoms with van der Waals surface area (Å²) in [6, 6.07) is 6.33. The zero-order chi connectivity index (χ0) is 16.2. The number of halogens is 1. The minimum Gasteiger partial charge on any atom is -0.478 e. The lowest BCUT2D eigenvalue weighted by molar-refractivity contribution is 0.101. The van der Waals surface area contributed by atoms with E-state index in [0.29, 0.717) is 31.1 Å². The molecule has 1 aliphatic rings. The largest absolute Gasteiger partial charge is 0.478 e. The van der Waals surface area contributed by atoms with Crippen LogP contribution in [0.2, 0.25) is 0 Å². The molecule has 1 aromatic heterocycles. The normalized spacial score (nSPS) is 16.0. The first-order valence-electron chi connectivity index (χ1n) is 7.79. The maximum atomic E-state index is 13.8. The molecule has 2 aromatic rings. The summed E-state index contributed by atoms with van der Waals surface area (Å²) in [6.07, 6.45) is 1.42. The standard InChI is InChI=1S/C17H20FN3O2/c1-2-23-17-13-9-21(8-7-15(13)19-11-20-17)10-16(22)12-5-3-4-6-14(12)18/h3-6,11,16,22H,2,7-10H2,1H3. The van der Waals surface area contributed by atoms with E-state index in [4.69, 9.17) is 4.74 Å². The Morgan fingerprint density at radius 1 is 1.35 bits per heavy atom. The second-order valence-corrected chi connectivity index (χ2v) is 5.56. The molecule has 23 heavy (non-hydrogen) atoms. The molecule has 1 unspecified atom stereocenters. The van der Waals surface area contributed by atoms with E-state index < -0.39 is 6.10 Å². The fourth-order valence-corrected chi connectivity index (χ4v) is 2.88. The molecule has 1 atom stereocenters. The Hall–Kier alpha value is -2.05. The van der Waals surface area contributed by atoms with E-state index in [1.807, 2.05) is 6.92 Å². The van der Waals surface area contributed by atoms with Gasteiger partial charge in [0, 0.05) is 37.2 Å². The van der Waals surface area contributed by atoms with Gasteiger partial charge < -0.3 is 9.84 Å². The summed E-state index contributed by atoms with van der Waals surface area (Å²) in [6.45, 7) is 4.18. The SMILES string of the molecule is CCOc1ncnc2c1CN(CC(O)c1ccccc1F)CC2. The fourth-order valence-electron chi connectivity index (χ4n) is 2.88. The van der Waals surface area contributed by atoms with Gasteiger partial charge >= 0.3 is 0 Å². The van der Waals surface area contributed by atoms with E-state index in [2.05, 4.69) is 14.9 Å². The number of aliphatic hydroxyl groups is 1. The van der Waals surface area contributed by atoms with Crippen LogP contribution in [-0.2, 0) is 13.0 Å². The van der Waals surface area contributed by atoms with Crippen molar-refractivity contribution in [3.05, 3.63) is 53.2 Å². The molecule has 5 nitrogen and oxygen atoms in total. The number of fused-ring (bicyclic) bond motifs is 1. The van der Waals surface area contributed by atoms with Crippen LogP contribution in [0.1, 0.15) is 29.8 Å². The molecule has 0 spiro atoms. The molecule has 1 aliphatic heterocycles. The highest BCUT2D eigenvalue weighted by atomic mass is 19.1. The number of rotatable bonds is 5. The van der Waals surface area contributed by atoms with Crippen molar-refractivity contribution in [2.75, 3.05) is 19.7 Å². The van der Waals surface area contributed by atoms with Crippen LogP contribution in [0.5, 0.6) is 5.88 Å². The van der Waals surface area contributed by atoms with E-state index in [-0.39, 0.29) is 5.82 Å². The smallest absolute Gasteiger partial charge is 0.221 e. The Morgan fingerprint density at radius 3 is 2.96 bits per heavy atom. The third-order valence-corrected chi connectivity index (χ3v) is 4.02. The molecule has 0 aliphatic carbocycles. The second kappa shape index (κ2) is 7.02. The van der Waals surface area contributed by atoms with Crippen LogP contribution < -0.4 is 4.74 Å². The monoisotopic (exact) mass is 317 g/mol. The van der Waals surface area contributed by atoms with E-state index in [0.717, 1.165) is 24.2 Å². The van der Waals surface area contributed by atoms with Crippen LogP contribution in [0.15, 0.2) is 30.6 Å². The Kier molecular flexibility index (Phi) is 4.83. The first-order chi connectivity index (χ1) is 11.2. The van der Waals surface area contributed by atoms with E-state index in [9.17, 15) is 9.50 Å². The molecule has 0 bridgehead atoms. The first kappa shape index (κ1) is 15.8. The molecule has 0 fully saturated rings. The highest BCUT2D eigenvalue weighted by Gasteiger charge is 2.24. The number of hydrogen-bond donors (Lipinski definition) is 1. The summed E-state index contributed by atoms with van der Waals surface area (Å²) < 4.78 is 19.3. The van der Waals surface area contributed by atoms with Gasteiger partial charge in [-0.1, -0.05) is 18.2 Å². The lowest BCUT2D eigenvalue weighted by Gasteiger charge is -2.30. The number of aliphatic hydroxyl groups excluding tert-OH is 1. The number of nitrogens with zero attached hydrogens (tertiary/aromatic N) is 3. The van der Waals surface area contributed by atoms with Gasteiger partial charge in [-0.25, -0.2) is 14.4 Å². The Morgan fingerprint density at radius 2 is 2.17 bits per heavy atom. The number of benzene rings is 1. The average molecular weight is 317 g/mol. The zero-order valence-corrected chi connectivity index (χ0v) is 13.1. The van der Waals surface area contributed by atoms with E-state index in [1.165, 1.54) is 12.4 Å². The molecule has 1 aromatic carbocycles. The minimum absolute atomic E-state index is 0.327. The Labute approximate surface area is 134 Å². The van der Waals surface area contributed by atoms with Gasteiger partial charge in [-0.05, 0) is 13.0 Å². The molecule has 0 saturated carbocycles. The molecule has 0 amide bonds. The third kappa shape index (κ3) is 3.48. The fraction of sp³-hybridized carbons (Fsp3) is 0.412. The van der Waals surface area contributed by atoms with Crippen molar-refractivity contribution in [1.82, 2.24) is 14.9 Å². The predicted molar refractivity (Wildman–Crippen MR) is 83.5 cm³/mol. The predicted octanol–water partition coefficient (Wildman–Crippen LogP) is 2.11. The topological polar surface area (TPSA) is 58.5 Å². The lowest BCUT2D eigenvalue weighted by Crippen LogP contribution is -2.35. The summed E-state index contributed by atoms with van der Waals surface area (Å²) in [5.41, 5.74) is 2.27. The van der Waals surface area contributed by atoms with Crippen LogP contribution in [-0.4, -0.2) is 39.7 Å². The van der Waals surface area contributed by atoms with Crippen molar-refractivity contribution in [3.8, 4) is 5.88 Å². The van der Waals surface area contributed by atoms with Gasteiger partial charge in [0.2, 0.25) is 5.88 Å². The van der Waals surface area contributed by atoms with Gasteiger partial charge in [0.05, 0.1) is 18.4 Å². The summed E-state index contributed by atoms with van der Waals surface area (Å²) in [4.78, 5) is 10.6. The summed E-state index contributed by atoms with van der Waals surface area (Å²) in [5.74, 6) is 0.221. The van der Waals surface area contributed by atoms with Crippen molar-refractivity contribution in [3.63, 3.8) is 0 Å². The van der Waals surface area contributed by atoms with Gasteiger partial charge in [-0.15, -0.1) is 0 Å². The van der Waals surface area contributed by atoms with Crippen molar-refractivity contribution in [2.45, 2.75) is 26.0 Å². The molecule has 0 saturated heterocycles. The summed E-state index contributed by atoms with van der Waals surface area (Å²) in [7, 11) is 0. The highest BCUT2D eigenvalue weighted by Crippen LogP contribution is 2.26. The molecular weight excluding hydrogens is 297 g/mol. The van der Waals surface area contributed by atoms with E-state index in [1.54, 1.807) is 18.2 Å². The molecule has 6 heteroatoms. The lowest BCUT2D eigenvalue weighted by atomic mass is 10.0. The van der Waals surface area contributed by atoms with Crippen LogP contribution >= 0.6 is 0 Å². The number of hydrogen-bond acceptors (Lipinski definition) is 5. The highest BCUT2D eigenvalue weighted by molar-refractivity contribution is 5.31. The third-order valence-electron chi connectivity index (χ3n) is 4.02. The Balaban J connectivity index is 1.73. The van der Waals surface area contributed by atoms with Crippen LogP contribution in [0.3, 0.4) is 0 Å². The van der Waals surface area contributed by atoms with Gasteiger partial charge in [-0.3, -0.25) is 4.90 Å². The molecule has 0 radical (unpaired) electrons. The maximum absolute atomic E-state index is 13.8. The summed E-state index contributed by atoms with van der Waals surface area (Å²) >= 11 is 0. The second-order valence-electron chi connectivity index (χ2n) is 5.56. The molecule has 2 heterocycles. The first-order valence-corrected chi connectivity index (χ1v) is 7.79.